The molecule has 0 amide bonds. The number of hydrogen-bond acceptors (Lipinski definition) is 7. The van der Waals surface area contributed by atoms with Crippen molar-refractivity contribution in [1.82, 2.24) is 4.98 Å². The van der Waals surface area contributed by atoms with E-state index in [4.69, 9.17) is 20.6 Å². The van der Waals surface area contributed by atoms with Crippen LogP contribution in [-0.2, 0) is 11.2 Å². The summed E-state index contributed by atoms with van der Waals surface area (Å²) in [7, 11) is 0. The number of morpholine rings is 1. The first kappa shape index (κ1) is 21.9. The van der Waals surface area contributed by atoms with Crippen LogP contribution in [0, 0.1) is 16.7 Å². The van der Waals surface area contributed by atoms with Crippen LogP contribution < -0.4 is 15.4 Å². The second kappa shape index (κ2) is 9.54. The lowest BCUT2D eigenvalue weighted by Crippen LogP contribution is -2.36. The van der Waals surface area contributed by atoms with Crippen LogP contribution in [0.2, 0.25) is 0 Å². The lowest BCUT2D eigenvalue weighted by atomic mass is 9.88. The van der Waals surface area contributed by atoms with Crippen molar-refractivity contribution in [3.63, 3.8) is 0 Å². The third kappa shape index (κ3) is 4.45. The highest BCUT2D eigenvalue weighted by molar-refractivity contribution is 6.14. The first-order valence-corrected chi connectivity index (χ1v) is 11.6. The highest BCUT2D eigenvalue weighted by atomic mass is 16.5. The Labute approximate surface area is 199 Å². The summed E-state index contributed by atoms with van der Waals surface area (Å²) >= 11 is 0. The fraction of sp³-hybridized carbons (Fsp3) is 0.296. The molecule has 1 aliphatic heterocycles. The summed E-state index contributed by atoms with van der Waals surface area (Å²) in [4.78, 5) is 6.66. The number of nitrogens with two attached hydrogens (primary N) is 1. The van der Waals surface area contributed by atoms with E-state index in [9.17, 15) is 5.26 Å². The highest BCUT2D eigenvalue weighted by Gasteiger charge is 2.23. The summed E-state index contributed by atoms with van der Waals surface area (Å²) in [6.07, 6.45) is 4.51. The molecule has 0 bridgehead atoms. The number of hydrogen-bond donors (Lipinski definition) is 2. The summed E-state index contributed by atoms with van der Waals surface area (Å²) in [5.41, 5.74) is 11.5. The molecule has 1 fully saturated rings. The Morgan fingerprint density at radius 3 is 2.82 bits per heavy atom. The van der Waals surface area contributed by atoms with E-state index in [0.717, 1.165) is 49.3 Å². The van der Waals surface area contributed by atoms with Crippen molar-refractivity contribution in [2.24, 2.45) is 0 Å². The van der Waals surface area contributed by atoms with Gasteiger partial charge in [-0.15, -0.1) is 0 Å². The molecular formula is C27H27N5O2. The lowest BCUT2D eigenvalue weighted by molar-refractivity contribution is 0.122. The third-order valence-corrected chi connectivity index (χ3v) is 6.47. The van der Waals surface area contributed by atoms with Gasteiger partial charge in [0.25, 0.3) is 0 Å². The van der Waals surface area contributed by atoms with Gasteiger partial charge in [0, 0.05) is 36.1 Å². The summed E-state index contributed by atoms with van der Waals surface area (Å²) < 4.78 is 11.8. The van der Waals surface area contributed by atoms with Gasteiger partial charge in [-0.3, -0.25) is 5.41 Å². The van der Waals surface area contributed by atoms with Crippen molar-refractivity contribution < 1.29 is 9.47 Å². The van der Waals surface area contributed by atoms with Crippen molar-refractivity contribution in [3.8, 4) is 11.8 Å². The maximum atomic E-state index is 9.21. The number of ether oxygens (including phenoxy) is 2. The maximum absolute atomic E-state index is 9.21. The highest BCUT2D eigenvalue weighted by Crippen LogP contribution is 2.35. The van der Waals surface area contributed by atoms with Gasteiger partial charge in [0.1, 0.15) is 17.7 Å². The average molecular weight is 454 g/mol. The average Bonchev–Trinajstić information content (AvgIpc) is 2.90. The number of nitrogens with zero attached hydrogens (tertiary/aromatic N) is 3. The first-order chi connectivity index (χ1) is 16.6. The molecule has 3 aromatic rings. The number of pyridine rings is 1. The van der Waals surface area contributed by atoms with Gasteiger partial charge >= 0.3 is 0 Å². The van der Waals surface area contributed by atoms with E-state index in [1.54, 1.807) is 12.3 Å². The number of rotatable bonds is 5. The van der Waals surface area contributed by atoms with E-state index in [2.05, 4.69) is 16.0 Å². The van der Waals surface area contributed by atoms with Gasteiger partial charge in [-0.05, 0) is 72.9 Å². The lowest BCUT2D eigenvalue weighted by Gasteiger charge is -2.28. The van der Waals surface area contributed by atoms with E-state index in [1.165, 1.54) is 5.56 Å². The van der Waals surface area contributed by atoms with Gasteiger partial charge < -0.3 is 20.1 Å². The van der Waals surface area contributed by atoms with Crippen molar-refractivity contribution in [1.29, 1.82) is 10.7 Å². The van der Waals surface area contributed by atoms with Crippen LogP contribution in [0.15, 0.2) is 54.7 Å². The molecule has 2 heterocycles. The molecule has 0 saturated carbocycles. The second-order valence-corrected chi connectivity index (χ2v) is 8.65. The topological polar surface area (TPSA) is 108 Å². The number of nitriles is 1. The summed E-state index contributed by atoms with van der Waals surface area (Å²) in [6, 6.07) is 17.3. The minimum Gasteiger partial charge on any atom is -0.486 e. The van der Waals surface area contributed by atoms with Crippen molar-refractivity contribution >= 4 is 17.2 Å². The summed E-state index contributed by atoms with van der Waals surface area (Å²) in [6.45, 7) is 2.93. The van der Waals surface area contributed by atoms with Gasteiger partial charge in [0.2, 0.25) is 0 Å². The molecule has 172 valence electrons. The van der Waals surface area contributed by atoms with Crippen LogP contribution in [0.4, 0.5) is 11.5 Å². The monoisotopic (exact) mass is 453 g/mol. The van der Waals surface area contributed by atoms with E-state index in [-0.39, 0.29) is 6.10 Å². The Balaban J connectivity index is 1.39. The molecule has 2 aliphatic rings. The van der Waals surface area contributed by atoms with Crippen molar-refractivity contribution in [2.45, 2.75) is 25.4 Å². The Bertz CT molecular complexity index is 1260. The van der Waals surface area contributed by atoms with Gasteiger partial charge in [0.05, 0.1) is 30.6 Å². The van der Waals surface area contributed by atoms with Crippen LogP contribution in [0.5, 0.6) is 5.75 Å². The summed E-state index contributed by atoms with van der Waals surface area (Å²) in [5, 5.41) is 18.1. The Kier molecular flexibility index (Phi) is 6.15. The number of benzene rings is 2. The zero-order valence-corrected chi connectivity index (χ0v) is 19.0. The van der Waals surface area contributed by atoms with Gasteiger partial charge in [-0.25, -0.2) is 4.98 Å². The SMILES string of the molecule is N#Cc1ccc2c(c1)CCCC2Oc1ccc(N)c(C(=N)c2ccnc(N3CCOCC3)c2)c1. The second-order valence-electron chi connectivity index (χ2n) is 8.65. The van der Waals surface area contributed by atoms with Crippen molar-refractivity contribution in [2.75, 3.05) is 36.9 Å². The van der Waals surface area contributed by atoms with Crippen molar-refractivity contribution in [3.05, 3.63) is 82.5 Å². The Morgan fingerprint density at radius 2 is 2.00 bits per heavy atom. The van der Waals surface area contributed by atoms with Crippen LogP contribution in [-0.4, -0.2) is 37.0 Å². The maximum Gasteiger partial charge on any atom is 0.129 e. The molecule has 2 aromatic carbocycles. The Hall–Kier alpha value is -3.89. The zero-order chi connectivity index (χ0) is 23.5. The number of aromatic nitrogens is 1. The van der Waals surface area contributed by atoms with E-state index in [1.807, 2.05) is 42.5 Å². The van der Waals surface area contributed by atoms with Crippen LogP contribution in [0.3, 0.4) is 0 Å². The molecule has 5 rings (SSSR count). The molecule has 34 heavy (non-hydrogen) atoms. The minimum atomic E-state index is -0.0870. The molecule has 1 aliphatic carbocycles. The molecule has 1 saturated heterocycles. The molecular weight excluding hydrogens is 426 g/mol. The molecule has 0 spiro atoms. The molecule has 7 heteroatoms. The number of nitrogens with one attached hydrogen (secondary N) is 1. The molecule has 3 N–H and O–H groups in total. The van der Waals surface area contributed by atoms with Gasteiger partial charge in [0.15, 0.2) is 0 Å². The molecule has 1 atom stereocenters. The summed E-state index contributed by atoms with van der Waals surface area (Å²) in [5.74, 6) is 1.52. The first-order valence-electron chi connectivity index (χ1n) is 11.6. The quantitative estimate of drug-likeness (QED) is 0.442. The van der Waals surface area contributed by atoms with Gasteiger partial charge in [-0.2, -0.15) is 5.26 Å². The predicted molar refractivity (Wildman–Crippen MR) is 132 cm³/mol. The van der Waals surface area contributed by atoms with Gasteiger partial charge in [-0.1, -0.05) is 6.07 Å². The van der Waals surface area contributed by atoms with E-state index in [0.29, 0.717) is 41.5 Å². The number of anilines is 2. The van der Waals surface area contributed by atoms with E-state index >= 15 is 0 Å². The fourth-order valence-electron chi connectivity index (χ4n) is 4.65. The normalized spacial score (nSPS) is 17.5. The minimum absolute atomic E-state index is 0.0870. The predicted octanol–water partition coefficient (Wildman–Crippen LogP) is 4.24. The third-order valence-electron chi connectivity index (χ3n) is 6.47. The van der Waals surface area contributed by atoms with E-state index < -0.39 is 0 Å². The van der Waals surface area contributed by atoms with Crippen LogP contribution >= 0.6 is 0 Å². The largest absolute Gasteiger partial charge is 0.486 e. The number of fused-ring (bicyclic) bond motifs is 1. The van der Waals surface area contributed by atoms with Crippen LogP contribution in [0.1, 0.15) is 46.8 Å². The Morgan fingerprint density at radius 1 is 1.15 bits per heavy atom. The number of nitrogen functional groups attached to an aromatic ring is 1. The molecule has 1 unspecified atom stereocenters. The zero-order valence-electron chi connectivity index (χ0n) is 19.0. The van der Waals surface area contributed by atoms with Crippen LogP contribution in [0.25, 0.3) is 0 Å². The number of aryl methyl sites for hydroxylation is 1. The molecule has 0 radical (unpaired) electrons. The standard InChI is InChI=1S/C27H27N5O2/c28-17-18-4-6-22-19(14-18)2-1-3-25(22)34-21-5-7-24(29)23(16-21)27(30)20-8-9-31-26(15-20)32-10-12-33-13-11-32/h4-9,14-16,25,30H,1-3,10-13,29H2. The fourth-order valence-corrected chi connectivity index (χ4v) is 4.65. The smallest absolute Gasteiger partial charge is 0.129 e. The molecule has 1 aromatic heterocycles. The molecule has 7 nitrogen and oxygen atoms in total.